The van der Waals surface area contributed by atoms with Crippen LogP contribution in [0.3, 0.4) is 0 Å². The SMILES string of the molecule is CCCOCCC(=O)N(CC(=O)O)CC(F)(F)F. The van der Waals surface area contributed by atoms with E-state index >= 15 is 0 Å². The number of aliphatic carboxylic acids is 1. The zero-order chi connectivity index (χ0) is 14.2. The van der Waals surface area contributed by atoms with Crippen LogP contribution in [0, 0.1) is 0 Å². The maximum absolute atomic E-state index is 12.1. The van der Waals surface area contributed by atoms with Crippen LogP contribution in [0.2, 0.25) is 0 Å². The third kappa shape index (κ3) is 8.80. The fraction of sp³-hybridized carbons (Fsp3) is 0.800. The maximum Gasteiger partial charge on any atom is 0.406 e. The van der Waals surface area contributed by atoms with Gasteiger partial charge in [-0.05, 0) is 6.42 Å². The zero-order valence-electron chi connectivity index (χ0n) is 10.00. The van der Waals surface area contributed by atoms with Crippen molar-refractivity contribution in [1.29, 1.82) is 0 Å². The van der Waals surface area contributed by atoms with Crippen molar-refractivity contribution in [3.8, 4) is 0 Å². The highest BCUT2D eigenvalue weighted by Gasteiger charge is 2.33. The Labute approximate surface area is 103 Å². The average Bonchev–Trinajstić information content (AvgIpc) is 2.20. The van der Waals surface area contributed by atoms with E-state index in [1.807, 2.05) is 6.92 Å². The van der Waals surface area contributed by atoms with Gasteiger partial charge in [-0.15, -0.1) is 0 Å². The molecule has 0 unspecified atom stereocenters. The first-order valence-corrected chi connectivity index (χ1v) is 5.40. The number of rotatable bonds is 8. The van der Waals surface area contributed by atoms with Crippen molar-refractivity contribution in [2.45, 2.75) is 25.9 Å². The summed E-state index contributed by atoms with van der Waals surface area (Å²) in [5, 5.41) is 8.45. The third-order valence-electron chi connectivity index (χ3n) is 1.86. The summed E-state index contributed by atoms with van der Waals surface area (Å²) < 4.78 is 41.4. The highest BCUT2D eigenvalue weighted by molar-refractivity contribution is 5.81. The number of hydrogen-bond donors (Lipinski definition) is 1. The molecule has 0 aromatic heterocycles. The van der Waals surface area contributed by atoms with Crippen molar-refractivity contribution in [3.05, 3.63) is 0 Å². The number of carboxylic acid groups (broad SMARTS) is 1. The molecular formula is C10H16F3NO4. The smallest absolute Gasteiger partial charge is 0.406 e. The van der Waals surface area contributed by atoms with Crippen molar-refractivity contribution >= 4 is 11.9 Å². The average molecular weight is 271 g/mol. The van der Waals surface area contributed by atoms with Crippen LogP contribution in [0.5, 0.6) is 0 Å². The molecular weight excluding hydrogens is 255 g/mol. The summed E-state index contributed by atoms with van der Waals surface area (Å²) in [5.74, 6) is -2.37. The van der Waals surface area contributed by atoms with Crippen LogP contribution in [-0.2, 0) is 14.3 Å². The predicted octanol–water partition coefficient (Wildman–Crippen LogP) is 1.28. The van der Waals surface area contributed by atoms with Gasteiger partial charge in [0, 0.05) is 6.61 Å². The molecule has 0 heterocycles. The molecule has 0 radical (unpaired) electrons. The zero-order valence-corrected chi connectivity index (χ0v) is 10.00. The Bertz CT molecular complexity index is 281. The van der Waals surface area contributed by atoms with E-state index in [0.29, 0.717) is 6.61 Å². The van der Waals surface area contributed by atoms with Crippen LogP contribution in [0.4, 0.5) is 13.2 Å². The molecule has 0 aromatic carbocycles. The Hall–Kier alpha value is -1.31. The summed E-state index contributed by atoms with van der Waals surface area (Å²) >= 11 is 0. The van der Waals surface area contributed by atoms with Crippen LogP contribution in [0.1, 0.15) is 19.8 Å². The lowest BCUT2D eigenvalue weighted by molar-refractivity contribution is -0.166. The maximum atomic E-state index is 12.1. The Morgan fingerprint density at radius 3 is 2.33 bits per heavy atom. The number of alkyl halides is 3. The number of nitrogens with zero attached hydrogens (tertiary/aromatic N) is 1. The summed E-state index contributed by atoms with van der Waals surface area (Å²) in [6.07, 6.45) is -4.14. The van der Waals surface area contributed by atoms with Gasteiger partial charge in [0.25, 0.3) is 0 Å². The minimum absolute atomic E-state index is 0.0132. The molecule has 0 fully saturated rings. The minimum Gasteiger partial charge on any atom is -0.480 e. The molecule has 0 aliphatic rings. The number of hydrogen-bond acceptors (Lipinski definition) is 3. The van der Waals surface area contributed by atoms with Gasteiger partial charge in [0.2, 0.25) is 5.91 Å². The molecule has 0 saturated carbocycles. The molecule has 0 aromatic rings. The molecule has 0 spiro atoms. The standard InChI is InChI=1S/C10H16F3NO4/c1-2-4-18-5-3-8(15)14(6-9(16)17)7-10(11,12)13/h2-7H2,1H3,(H,16,17). The monoisotopic (exact) mass is 271 g/mol. The van der Waals surface area contributed by atoms with E-state index in [-0.39, 0.29) is 17.9 Å². The number of carboxylic acids is 1. The van der Waals surface area contributed by atoms with Crippen LogP contribution in [0.25, 0.3) is 0 Å². The lowest BCUT2D eigenvalue weighted by atomic mass is 10.3. The highest BCUT2D eigenvalue weighted by Crippen LogP contribution is 2.16. The predicted molar refractivity (Wildman–Crippen MR) is 56.0 cm³/mol. The van der Waals surface area contributed by atoms with Gasteiger partial charge in [-0.1, -0.05) is 6.92 Å². The molecule has 18 heavy (non-hydrogen) atoms. The first kappa shape index (κ1) is 16.7. The summed E-state index contributed by atoms with van der Waals surface area (Å²) in [4.78, 5) is 22.0. The fourth-order valence-electron chi connectivity index (χ4n) is 1.18. The third-order valence-corrected chi connectivity index (χ3v) is 1.86. The van der Waals surface area contributed by atoms with E-state index in [0.717, 1.165) is 6.42 Å². The molecule has 8 heteroatoms. The van der Waals surface area contributed by atoms with Crippen molar-refractivity contribution in [1.82, 2.24) is 4.90 Å². The van der Waals surface area contributed by atoms with Crippen LogP contribution in [0.15, 0.2) is 0 Å². The molecule has 0 saturated heterocycles. The van der Waals surface area contributed by atoms with Gasteiger partial charge in [0.15, 0.2) is 0 Å². The summed E-state index contributed by atoms with van der Waals surface area (Å²) in [6, 6.07) is 0. The normalized spacial score (nSPS) is 11.3. The second kappa shape index (κ2) is 7.91. The fourth-order valence-corrected chi connectivity index (χ4v) is 1.18. The van der Waals surface area contributed by atoms with E-state index < -0.39 is 31.1 Å². The Morgan fingerprint density at radius 1 is 1.28 bits per heavy atom. The van der Waals surface area contributed by atoms with E-state index in [9.17, 15) is 22.8 Å². The van der Waals surface area contributed by atoms with Crippen LogP contribution < -0.4 is 0 Å². The second-order valence-electron chi connectivity index (χ2n) is 3.62. The second-order valence-corrected chi connectivity index (χ2v) is 3.62. The summed E-state index contributed by atoms with van der Waals surface area (Å²) in [6.45, 7) is -0.285. The number of carbonyl (C=O) groups is 2. The number of carbonyl (C=O) groups excluding carboxylic acids is 1. The largest absolute Gasteiger partial charge is 0.480 e. The molecule has 5 nitrogen and oxygen atoms in total. The van der Waals surface area contributed by atoms with Crippen molar-refractivity contribution < 1.29 is 32.6 Å². The molecule has 1 N–H and O–H groups in total. The lowest BCUT2D eigenvalue weighted by Crippen LogP contribution is -2.42. The van der Waals surface area contributed by atoms with Crippen molar-refractivity contribution in [2.24, 2.45) is 0 Å². The van der Waals surface area contributed by atoms with Crippen LogP contribution >= 0.6 is 0 Å². The lowest BCUT2D eigenvalue weighted by Gasteiger charge is -2.22. The molecule has 106 valence electrons. The molecule has 0 bridgehead atoms. The van der Waals surface area contributed by atoms with Crippen molar-refractivity contribution in [2.75, 3.05) is 26.3 Å². The Kier molecular flexibility index (Phi) is 7.33. The van der Waals surface area contributed by atoms with Gasteiger partial charge in [-0.3, -0.25) is 9.59 Å². The van der Waals surface area contributed by atoms with Gasteiger partial charge >= 0.3 is 12.1 Å². The molecule has 0 atom stereocenters. The number of amides is 1. The van der Waals surface area contributed by atoms with Gasteiger partial charge in [-0.25, -0.2) is 0 Å². The number of halogens is 3. The molecule has 0 aliphatic carbocycles. The van der Waals surface area contributed by atoms with Crippen molar-refractivity contribution in [3.63, 3.8) is 0 Å². The van der Waals surface area contributed by atoms with Gasteiger partial charge in [0.1, 0.15) is 13.1 Å². The first-order chi connectivity index (χ1) is 8.26. The number of ether oxygens (including phenoxy) is 1. The summed E-state index contributed by atoms with van der Waals surface area (Å²) in [5.41, 5.74) is 0. The quantitative estimate of drug-likeness (QED) is 0.675. The van der Waals surface area contributed by atoms with E-state index in [1.54, 1.807) is 0 Å². The van der Waals surface area contributed by atoms with Crippen LogP contribution in [-0.4, -0.2) is 54.4 Å². The Balaban J connectivity index is 4.27. The first-order valence-electron chi connectivity index (χ1n) is 5.40. The molecule has 0 rings (SSSR count). The Morgan fingerprint density at radius 2 is 1.89 bits per heavy atom. The van der Waals surface area contributed by atoms with E-state index in [1.165, 1.54) is 0 Å². The van der Waals surface area contributed by atoms with Gasteiger partial charge < -0.3 is 14.7 Å². The summed E-state index contributed by atoms with van der Waals surface area (Å²) in [7, 11) is 0. The van der Waals surface area contributed by atoms with E-state index in [2.05, 4.69) is 0 Å². The van der Waals surface area contributed by atoms with E-state index in [4.69, 9.17) is 9.84 Å². The molecule has 0 aliphatic heterocycles. The minimum atomic E-state index is -4.62. The van der Waals surface area contributed by atoms with Gasteiger partial charge in [-0.2, -0.15) is 13.2 Å². The van der Waals surface area contributed by atoms with Gasteiger partial charge in [0.05, 0.1) is 13.0 Å². The topological polar surface area (TPSA) is 66.8 Å². The molecule has 1 amide bonds. The highest BCUT2D eigenvalue weighted by atomic mass is 19.4.